The normalized spacial score (nSPS) is 46.6. The van der Waals surface area contributed by atoms with Gasteiger partial charge >= 0.3 is 0 Å². The highest BCUT2D eigenvalue weighted by molar-refractivity contribution is 5.61. The highest BCUT2D eigenvalue weighted by atomic mass is 16.5. The van der Waals surface area contributed by atoms with Crippen LogP contribution < -0.4 is 0 Å². The van der Waals surface area contributed by atoms with Crippen LogP contribution in [0.1, 0.15) is 46.0 Å². The van der Waals surface area contributed by atoms with Gasteiger partial charge in [0.05, 0.1) is 24.2 Å². The Bertz CT molecular complexity index is 582. The molecule has 3 aliphatic carbocycles. The molecular formula is C21H32O4. The summed E-state index contributed by atoms with van der Waals surface area (Å²) in [6.07, 6.45) is 7.04. The van der Waals surface area contributed by atoms with E-state index in [1.807, 2.05) is 6.92 Å². The first-order valence-corrected chi connectivity index (χ1v) is 9.49. The van der Waals surface area contributed by atoms with Gasteiger partial charge < -0.3 is 19.7 Å². The second-order valence-electron chi connectivity index (χ2n) is 8.78. The minimum atomic E-state index is -0.707. The Morgan fingerprint density at radius 3 is 2.72 bits per heavy atom. The molecule has 0 spiro atoms. The van der Waals surface area contributed by atoms with E-state index >= 15 is 0 Å². The van der Waals surface area contributed by atoms with Crippen LogP contribution in [0.15, 0.2) is 23.8 Å². The molecule has 25 heavy (non-hydrogen) atoms. The van der Waals surface area contributed by atoms with Crippen molar-refractivity contribution >= 4 is 6.29 Å². The molecule has 2 saturated carbocycles. The van der Waals surface area contributed by atoms with E-state index < -0.39 is 11.5 Å². The Labute approximate surface area is 151 Å². The molecule has 7 atom stereocenters. The molecule has 4 heteroatoms. The van der Waals surface area contributed by atoms with Gasteiger partial charge in [0.15, 0.2) is 0 Å². The Morgan fingerprint density at radius 1 is 1.40 bits per heavy atom. The molecule has 0 aromatic rings. The lowest BCUT2D eigenvalue weighted by Crippen LogP contribution is -2.59. The number of rotatable bonds is 4. The minimum absolute atomic E-state index is 0.00126. The summed E-state index contributed by atoms with van der Waals surface area (Å²) in [4.78, 5) is 12.0. The number of aliphatic hydroxyl groups is 2. The second-order valence-corrected chi connectivity index (χ2v) is 8.78. The van der Waals surface area contributed by atoms with Gasteiger partial charge in [-0.05, 0) is 60.5 Å². The molecule has 0 radical (unpaired) electrons. The lowest BCUT2D eigenvalue weighted by Gasteiger charge is -2.61. The molecule has 0 bridgehead atoms. The topological polar surface area (TPSA) is 66.8 Å². The maximum Gasteiger partial charge on any atom is 0.128 e. The van der Waals surface area contributed by atoms with E-state index in [9.17, 15) is 15.0 Å². The summed E-state index contributed by atoms with van der Waals surface area (Å²) in [7, 11) is 1.73. The van der Waals surface area contributed by atoms with Crippen molar-refractivity contribution < 1.29 is 19.7 Å². The number of carbonyl (C=O) groups excluding carboxylic acids is 1. The first-order chi connectivity index (χ1) is 11.8. The van der Waals surface area contributed by atoms with E-state index in [4.69, 9.17) is 4.74 Å². The van der Waals surface area contributed by atoms with Gasteiger partial charge in [0, 0.05) is 13.0 Å². The zero-order chi connectivity index (χ0) is 18.4. The lowest BCUT2D eigenvalue weighted by molar-refractivity contribution is -0.161. The van der Waals surface area contributed by atoms with Crippen molar-refractivity contribution in [1.82, 2.24) is 0 Å². The van der Waals surface area contributed by atoms with Crippen LogP contribution in [0, 0.1) is 28.6 Å². The Balaban J connectivity index is 2.02. The van der Waals surface area contributed by atoms with Crippen LogP contribution in [0.25, 0.3) is 0 Å². The van der Waals surface area contributed by atoms with Crippen molar-refractivity contribution in [3.63, 3.8) is 0 Å². The van der Waals surface area contributed by atoms with Crippen LogP contribution in [0.4, 0.5) is 0 Å². The number of methoxy groups -OCH3 is 1. The average molecular weight is 348 g/mol. The third-order valence-electron chi connectivity index (χ3n) is 7.67. The van der Waals surface area contributed by atoms with E-state index in [0.717, 1.165) is 37.5 Å². The number of fused-ring (bicyclic) bond motifs is 3. The smallest absolute Gasteiger partial charge is 0.128 e. The van der Waals surface area contributed by atoms with Crippen LogP contribution >= 0.6 is 0 Å². The lowest BCUT2D eigenvalue weighted by atomic mass is 9.44. The zero-order valence-corrected chi connectivity index (χ0v) is 15.7. The van der Waals surface area contributed by atoms with E-state index in [-0.39, 0.29) is 30.0 Å². The van der Waals surface area contributed by atoms with Crippen LogP contribution in [0.2, 0.25) is 0 Å². The van der Waals surface area contributed by atoms with Crippen molar-refractivity contribution in [1.29, 1.82) is 0 Å². The highest BCUT2D eigenvalue weighted by Crippen LogP contribution is 2.63. The Morgan fingerprint density at radius 2 is 2.12 bits per heavy atom. The number of carbonyl (C=O) groups is 1. The number of hydrogen-bond acceptors (Lipinski definition) is 4. The molecular weight excluding hydrogens is 316 g/mol. The summed E-state index contributed by atoms with van der Waals surface area (Å²) in [6, 6.07) is 0. The summed E-state index contributed by atoms with van der Waals surface area (Å²) >= 11 is 0. The molecule has 0 unspecified atom stereocenters. The molecule has 3 aliphatic rings. The first-order valence-electron chi connectivity index (χ1n) is 9.49. The Kier molecular flexibility index (Phi) is 5.00. The van der Waals surface area contributed by atoms with Crippen molar-refractivity contribution in [2.45, 2.75) is 58.2 Å². The SMILES string of the molecule is C=C(CO)[C@H]1C=C2[C@@H](OC)C[C@@H]3[C@@](C)(C=O)[C@H](O)CC[C@@]3(C)[C@@H]2CC1. The van der Waals surface area contributed by atoms with Crippen molar-refractivity contribution in [2.24, 2.45) is 28.6 Å². The summed E-state index contributed by atoms with van der Waals surface area (Å²) in [5, 5.41) is 20.0. The molecule has 2 N–H and O–H groups in total. The number of aliphatic hydroxyl groups excluding tert-OH is 2. The number of allylic oxidation sites excluding steroid dienone is 1. The first kappa shape index (κ1) is 18.8. The fourth-order valence-electron chi connectivity index (χ4n) is 5.99. The molecule has 0 aromatic carbocycles. The van der Waals surface area contributed by atoms with Gasteiger partial charge in [0.25, 0.3) is 0 Å². The quantitative estimate of drug-likeness (QED) is 0.606. The summed E-state index contributed by atoms with van der Waals surface area (Å²) in [6.45, 7) is 8.26. The minimum Gasteiger partial charge on any atom is -0.392 e. The number of hydrogen-bond donors (Lipinski definition) is 2. The molecule has 3 rings (SSSR count). The van der Waals surface area contributed by atoms with E-state index in [2.05, 4.69) is 19.6 Å². The van der Waals surface area contributed by atoms with Gasteiger partial charge in [-0.1, -0.05) is 26.5 Å². The zero-order valence-electron chi connectivity index (χ0n) is 15.7. The van der Waals surface area contributed by atoms with E-state index in [1.54, 1.807) is 7.11 Å². The third kappa shape index (κ3) is 2.73. The summed E-state index contributed by atoms with van der Waals surface area (Å²) < 4.78 is 5.83. The molecule has 0 amide bonds. The van der Waals surface area contributed by atoms with Crippen LogP contribution in [0.3, 0.4) is 0 Å². The maximum atomic E-state index is 12.0. The van der Waals surface area contributed by atoms with Crippen LogP contribution in [-0.2, 0) is 9.53 Å². The standard InChI is InChI=1S/C21H32O4/c1-13(11-22)14-5-6-16-15(9-14)17(25-4)10-18-20(16,2)8-7-19(24)21(18,3)12-23/h9,12,14,16-19,22,24H,1,5-8,10-11H2,2-4H3/t14-,16-,17+,18+,19-,20+,21-/m1/s1. The van der Waals surface area contributed by atoms with Gasteiger partial charge in [-0.25, -0.2) is 0 Å². The largest absolute Gasteiger partial charge is 0.392 e. The van der Waals surface area contributed by atoms with Crippen molar-refractivity contribution in [2.75, 3.05) is 13.7 Å². The van der Waals surface area contributed by atoms with Gasteiger partial charge in [-0.15, -0.1) is 0 Å². The second kappa shape index (κ2) is 6.64. The fraction of sp³-hybridized carbons (Fsp3) is 0.762. The Hall–Kier alpha value is -0.970. The molecule has 4 nitrogen and oxygen atoms in total. The summed E-state index contributed by atoms with van der Waals surface area (Å²) in [5.74, 6) is 0.692. The van der Waals surface area contributed by atoms with Gasteiger partial charge in [0.2, 0.25) is 0 Å². The fourth-order valence-corrected chi connectivity index (χ4v) is 5.99. The van der Waals surface area contributed by atoms with Gasteiger partial charge in [-0.2, -0.15) is 0 Å². The monoisotopic (exact) mass is 348 g/mol. The van der Waals surface area contributed by atoms with Crippen molar-refractivity contribution in [3.8, 4) is 0 Å². The van der Waals surface area contributed by atoms with Crippen LogP contribution in [-0.4, -0.2) is 42.4 Å². The molecule has 0 saturated heterocycles. The van der Waals surface area contributed by atoms with Crippen molar-refractivity contribution in [3.05, 3.63) is 23.8 Å². The number of aldehydes is 1. The van der Waals surface area contributed by atoms with Gasteiger partial charge in [-0.3, -0.25) is 0 Å². The summed E-state index contributed by atoms with van der Waals surface area (Å²) in [5.41, 5.74) is 1.48. The molecule has 0 heterocycles. The maximum absolute atomic E-state index is 12.0. The number of ether oxygens (including phenoxy) is 1. The highest BCUT2D eigenvalue weighted by Gasteiger charge is 2.60. The van der Waals surface area contributed by atoms with Gasteiger partial charge in [0.1, 0.15) is 6.29 Å². The van der Waals surface area contributed by atoms with Crippen LogP contribution in [0.5, 0.6) is 0 Å². The van der Waals surface area contributed by atoms with E-state index in [1.165, 1.54) is 5.57 Å². The predicted molar refractivity (Wildman–Crippen MR) is 96.9 cm³/mol. The predicted octanol–water partition coefficient (Wildman–Crippen LogP) is 2.89. The van der Waals surface area contributed by atoms with E-state index in [0.29, 0.717) is 12.3 Å². The third-order valence-corrected chi connectivity index (χ3v) is 7.67. The molecule has 140 valence electrons. The molecule has 2 fully saturated rings. The molecule has 0 aliphatic heterocycles. The average Bonchev–Trinajstić information content (AvgIpc) is 2.64. The molecule has 0 aromatic heterocycles.